The number of aromatic nitrogens is 3. The summed E-state index contributed by atoms with van der Waals surface area (Å²) in [5.74, 6) is -3.48. The van der Waals surface area contributed by atoms with E-state index in [1.54, 1.807) is 44.2 Å². The van der Waals surface area contributed by atoms with Gasteiger partial charge in [-0.1, -0.05) is 30.7 Å². The molecule has 4 atom stereocenters. The number of carbonyl (C=O) groups is 1. The minimum absolute atomic E-state index is 0.0440. The minimum atomic E-state index is -4.91. The number of carboxylic acid groups (broad SMARTS) is 1. The summed E-state index contributed by atoms with van der Waals surface area (Å²) in [5.41, 5.74) is 0.699. The molecule has 0 radical (unpaired) electrons. The van der Waals surface area contributed by atoms with Gasteiger partial charge in [-0.15, -0.1) is 0 Å². The van der Waals surface area contributed by atoms with Crippen molar-refractivity contribution in [3.05, 3.63) is 52.9 Å². The Morgan fingerprint density at radius 2 is 1.95 bits per heavy atom. The van der Waals surface area contributed by atoms with Gasteiger partial charge in [0.05, 0.1) is 22.1 Å². The average molecular weight is 653 g/mol. The van der Waals surface area contributed by atoms with Crippen LogP contribution in [0.1, 0.15) is 50.9 Å². The van der Waals surface area contributed by atoms with Crippen molar-refractivity contribution in [2.24, 2.45) is 5.92 Å². The first-order valence-electron chi connectivity index (χ1n) is 13.9. The molecule has 6 rings (SSSR count). The molecule has 0 aliphatic carbocycles. The molecule has 0 saturated carbocycles. The number of sulfone groups is 1. The fourth-order valence-electron chi connectivity index (χ4n) is 6.18. The zero-order valence-corrected chi connectivity index (χ0v) is 25.4. The Bertz CT molecular complexity index is 1900. The number of anilines is 1. The maximum absolute atomic E-state index is 13.9. The van der Waals surface area contributed by atoms with Crippen LogP contribution in [0.25, 0.3) is 22.1 Å². The van der Waals surface area contributed by atoms with Gasteiger partial charge >= 0.3 is 12.1 Å². The van der Waals surface area contributed by atoms with Gasteiger partial charge in [0, 0.05) is 23.6 Å². The highest BCUT2D eigenvalue weighted by Gasteiger charge is 2.47. The van der Waals surface area contributed by atoms with E-state index in [2.05, 4.69) is 15.0 Å². The molecule has 234 valence electrons. The quantitative estimate of drug-likeness (QED) is 0.279. The first-order chi connectivity index (χ1) is 20.6. The third-order valence-electron chi connectivity index (χ3n) is 8.52. The molecule has 10 nitrogen and oxygen atoms in total. The number of furan rings is 1. The van der Waals surface area contributed by atoms with Gasteiger partial charge in [0.25, 0.3) is 0 Å². The van der Waals surface area contributed by atoms with Crippen molar-refractivity contribution in [1.29, 1.82) is 0 Å². The molecule has 2 saturated heterocycles. The normalized spacial score (nSPS) is 25.0. The lowest BCUT2D eigenvalue weighted by Crippen LogP contribution is -2.44. The van der Waals surface area contributed by atoms with Crippen molar-refractivity contribution in [1.82, 2.24) is 15.0 Å². The van der Waals surface area contributed by atoms with Gasteiger partial charge in [0.2, 0.25) is 11.7 Å². The first-order valence-corrected chi connectivity index (χ1v) is 15.9. The minimum Gasteiger partial charge on any atom is -0.480 e. The molecule has 15 heteroatoms. The summed E-state index contributed by atoms with van der Waals surface area (Å²) < 4.78 is 78.5. The van der Waals surface area contributed by atoms with Crippen molar-refractivity contribution >= 4 is 55.3 Å². The lowest BCUT2D eigenvalue weighted by molar-refractivity contribution is -0.144. The molecule has 2 fully saturated rings. The third-order valence-corrected chi connectivity index (χ3v) is 11.5. The van der Waals surface area contributed by atoms with Crippen LogP contribution < -0.4 is 9.64 Å². The van der Waals surface area contributed by atoms with Crippen LogP contribution in [-0.2, 0) is 20.8 Å². The lowest BCUT2D eigenvalue weighted by Gasteiger charge is -2.39. The molecule has 1 unspecified atom stereocenters. The number of hydrogen-bond donors (Lipinski definition) is 1. The third kappa shape index (κ3) is 5.21. The maximum atomic E-state index is 13.9. The topological polar surface area (TPSA) is 136 Å². The van der Waals surface area contributed by atoms with Crippen LogP contribution in [0.15, 0.2) is 40.9 Å². The summed E-state index contributed by atoms with van der Waals surface area (Å²) in [5, 5.41) is 10.8. The number of rotatable bonds is 5. The summed E-state index contributed by atoms with van der Waals surface area (Å²) >= 11 is 6.30. The number of halogens is 4. The van der Waals surface area contributed by atoms with E-state index in [4.69, 9.17) is 20.8 Å². The highest BCUT2D eigenvalue weighted by atomic mass is 35.5. The average Bonchev–Trinajstić information content (AvgIpc) is 3.52. The van der Waals surface area contributed by atoms with E-state index in [0.717, 1.165) is 0 Å². The van der Waals surface area contributed by atoms with Gasteiger partial charge in [-0.05, 0) is 50.3 Å². The standard InChI is InChI=1S/C29H28ClF3N4O6S/c1-14-13-44(40,41)28(2,3)10-19(14)18-8-15(30)11-34-25(18)42-16-9-20(26(38)39)37(12-16)24-23-22(35-27(36-24)29(31,32)33)17-6-4-5-7-21(17)43-23/h4-8,11,14,16,19-20H,9-10,12-13H2,1-3H3,(H,38,39)/t14-,16-,19?,20-/m0/s1. The highest BCUT2D eigenvalue weighted by Crippen LogP contribution is 2.46. The molecule has 44 heavy (non-hydrogen) atoms. The number of benzene rings is 1. The second kappa shape index (κ2) is 10.5. The van der Waals surface area contributed by atoms with Gasteiger partial charge in [-0.3, -0.25) is 0 Å². The van der Waals surface area contributed by atoms with Crippen molar-refractivity contribution in [2.75, 3.05) is 17.2 Å². The van der Waals surface area contributed by atoms with E-state index in [1.807, 2.05) is 6.92 Å². The number of hydrogen-bond acceptors (Lipinski definition) is 9. The van der Waals surface area contributed by atoms with Crippen LogP contribution in [0.5, 0.6) is 5.88 Å². The predicted molar refractivity (Wildman–Crippen MR) is 156 cm³/mol. The van der Waals surface area contributed by atoms with Crippen LogP contribution in [0.4, 0.5) is 19.0 Å². The summed E-state index contributed by atoms with van der Waals surface area (Å²) in [7, 11) is -3.36. The smallest absolute Gasteiger partial charge is 0.451 e. The van der Waals surface area contributed by atoms with Crippen LogP contribution in [0, 0.1) is 5.92 Å². The molecule has 4 aromatic rings. The molecule has 5 heterocycles. The summed E-state index contributed by atoms with van der Waals surface area (Å²) in [4.78, 5) is 25.5. The molecule has 0 amide bonds. The highest BCUT2D eigenvalue weighted by molar-refractivity contribution is 7.92. The Morgan fingerprint density at radius 1 is 1.23 bits per heavy atom. The zero-order valence-electron chi connectivity index (χ0n) is 23.8. The lowest BCUT2D eigenvalue weighted by atomic mass is 9.81. The zero-order chi connectivity index (χ0) is 31.8. The molecule has 2 aliphatic heterocycles. The number of pyridine rings is 1. The predicted octanol–water partition coefficient (Wildman–Crippen LogP) is 5.87. The Labute approximate surface area is 255 Å². The van der Waals surface area contributed by atoms with E-state index in [-0.39, 0.29) is 65.4 Å². The number of carboxylic acids is 1. The fourth-order valence-corrected chi connectivity index (χ4v) is 8.15. The number of nitrogens with zero attached hydrogens (tertiary/aromatic N) is 4. The van der Waals surface area contributed by atoms with Gasteiger partial charge in [-0.25, -0.2) is 28.2 Å². The molecular weight excluding hydrogens is 625 g/mol. The summed E-state index contributed by atoms with van der Waals surface area (Å²) in [6.07, 6.45) is -4.19. The number of alkyl halides is 3. The number of fused-ring (bicyclic) bond motifs is 3. The van der Waals surface area contributed by atoms with Crippen molar-refractivity contribution in [3.63, 3.8) is 0 Å². The van der Waals surface area contributed by atoms with Crippen molar-refractivity contribution in [2.45, 2.75) is 62.6 Å². The Hall–Kier alpha value is -3.65. The monoisotopic (exact) mass is 652 g/mol. The molecule has 1 aromatic carbocycles. The van der Waals surface area contributed by atoms with Gasteiger partial charge in [-0.2, -0.15) is 13.2 Å². The summed E-state index contributed by atoms with van der Waals surface area (Å²) in [6.45, 7) is 5.01. The van der Waals surface area contributed by atoms with Crippen molar-refractivity contribution in [3.8, 4) is 5.88 Å². The van der Waals surface area contributed by atoms with E-state index in [9.17, 15) is 31.5 Å². The Morgan fingerprint density at radius 3 is 2.66 bits per heavy atom. The van der Waals surface area contributed by atoms with E-state index in [0.29, 0.717) is 16.0 Å². The molecule has 3 aromatic heterocycles. The Balaban J connectivity index is 1.39. The van der Waals surface area contributed by atoms with Crippen LogP contribution in [0.3, 0.4) is 0 Å². The molecule has 0 spiro atoms. The van der Waals surface area contributed by atoms with E-state index < -0.39 is 44.7 Å². The van der Waals surface area contributed by atoms with Crippen LogP contribution in [0.2, 0.25) is 5.02 Å². The number of aliphatic carboxylic acids is 1. The molecule has 1 N–H and O–H groups in total. The van der Waals surface area contributed by atoms with Crippen molar-refractivity contribution < 1.29 is 40.6 Å². The molecular formula is C29H28ClF3N4O6S. The first kappa shape index (κ1) is 30.4. The van der Waals surface area contributed by atoms with Gasteiger partial charge in [0.1, 0.15) is 23.2 Å². The largest absolute Gasteiger partial charge is 0.480 e. The second-order valence-corrected chi connectivity index (χ2v) is 15.1. The SMILES string of the molecule is C[C@H]1CS(=O)(=O)C(C)(C)CC1c1cc(Cl)cnc1O[C@H]1C[C@@H](C(=O)O)N(c2nc(C(F)(F)F)nc3c2oc2ccccc23)C1. The van der Waals surface area contributed by atoms with E-state index in [1.165, 1.54) is 11.1 Å². The molecule has 2 aliphatic rings. The fraction of sp³-hybridized carbons (Fsp3) is 0.448. The van der Waals surface area contributed by atoms with Gasteiger partial charge < -0.3 is 19.2 Å². The van der Waals surface area contributed by atoms with Gasteiger partial charge in [0.15, 0.2) is 21.2 Å². The van der Waals surface area contributed by atoms with Crippen LogP contribution in [-0.4, -0.2) is 63.6 Å². The summed E-state index contributed by atoms with van der Waals surface area (Å²) in [6, 6.07) is 6.79. The maximum Gasteiger partial charge on any atom is 0.451 e. The second-order valence-electron chi connectivity index (χ2n) is 12.0. The number of para-hydroxylation sites is 1. The number of ether oxygens (including phenoxy) is 1. The Kier molecular flexibility index (Phi) is 7.23. The van der Waals surface area contributed by atoms with Crippen LogP contribution >= 0.6 is 11.6 Å². The molecule has 0 bridgehead atoms. The van der Waals surface area contributed by atoms with E-state index >= 15 is 0 Å².